The first-order valence-electron chi connectivity index (χ1n) is 5.04. The topological polar surface area (TPSA) is 17.1 Å². The first kappa shape index (κ1) is 10.9. The van der Waals surface area contributed by atoms with Crippen LogP contribution in [-0.2, 0) is 6.42 Å². The van der Waals surface area contributed by atoms with Gasteiger partial charge in [0.05, 0.1) is 0 Å². The van der Waals surface area contributed by atoms with Gasteiger partial charge in [-0.25, -0.2) is 0 Å². The summed E-state index contributed by atoms with van der Waals surface area (Å²) >= 11 is 5.43. The van der Waals surface area contributed by atoms with Crippen LogP contribution in [-0.4, -0.2) is 5.24 Å². The number of carbonyl (C=O) groups excluding carboxylic acids is 1. The van der Waals surface area contributed by atoms with Gasteiger partial charge in [-0.1, -0.05) is 30.3 Å². The molecule has 0 heterocycles. The minimum atomic E-state index is -0.419. The minimum Gasteiger partial charge on any atom is -0.276 e. The molecule has 2 rings (SSSR count). The van der Waals surface area contributed by atoms with E-state index in [2.05, 4.69) is 12.6 Å². The molecule has 1 nitrogen and oxygen atoms in total. The molecular weight excluding hydrogens is 220 g/mol. The number of fused-ring (bicyclic) bond motifs is 1. The van der Waals surface area contributed by atoms with Crippen LogP contribution in [0.25, 0.3) is 10.8 Å². The SMILES string of the molecule is C=CCc1ccc2cc(C(=O)Cl)ccc2c1. The van der Waals surface area contributed by atoms with Gasteiger partial charge in [0.25, 0.3) is 5.24 Å². The number of halogens is 1. The van der Waals surface area contributed by atoms with Crippen molar-refractivity contribution in [3.05, 3.63) is 60.2 Å². The summed E-state index contributed by atoms with van der Waals surface area (Å²) in [6, 6.07) is 11.6. The number of rotatable bonds is 3. The quantitative estimate of drug-likeness (QED) is 0.577. The second-order valence-electron chi connectivity index (χ2n) is 3.66. The van der Waals surface area contributed by atoms with Crippen LogP contribution in [0.5, 0.6) is 0 Å². The Morgan fingerprint density at radius 3 is 2.56 bits per heavy atom. The molecule has 2 aromatic rings. The maximum Gasteiger partial charge on any atom is 0.252 e. The van der Waals surface area contributed by atoms with Gasteiger partial charge >= 0.3 is 0 Å². The Labute approximate surface area is 99.3 Å². The molecule has 0 N–H and O–H groups in total. The zero-order valence-corrected chi connectivity index (χ0v) is 9.50. The number of hydrogen-bond donors (Lipinski definition) is 0. The number of hydrogen-bond acceptors (Lipinski definition) is 1. The lowest BCUT2D eigenvalue weighted by molar-refractivity contribution is 0.108. The molecule has 0 saturated carbocycles. The van der Waals surface area contributed by atoms with E-state index >= 15 is 0 Å². The van der Waals surface area contributed by atoms with Gasteiger partial charge in [-0.2, -0.15) is 0 Å². The third-order valence-electron chi connectivity index (χ3n) is 2.51. The molecule has 0 aliphatic carbocycles. The van der Waals surface area contributed by atoms with Gasteiger partial charge in [0.15, 0.2) is 0 Å². The Morgan fingerprint density at radius 1 is 1.19 bits per heavy atom. The van der Waals surface area contributed by atoms with Gasteiger partial charge in [-0.15, -0.1) is 6.58 Å². The van der Waals surface area contributed by atoms with Crippen LogP contribution < -0.4 is 0 Å². The van der Waals surface area contributed by atoms with Crippen molar-refractivity contribution in [1.82, 2.24) is 0 Å². The fourth-order valence-electron chi connectivity index (χ4n) is 1.71. The molecule has 0 spiro atoms. The van der Waals surface area contributed by atoms with Gasteiger partial charge in [0, 0.05) is 5.56 Å². The maximum absolute atomic E-state index is 11.0. The molecule has 0 aliphatic rings. The summed E-state index contributed by atoms with van der Waals surface area (Å²) in [6.45, 7) is 3.71. The predicted octanol–water partition coefficient (Wildman–Crippen LogP) is 3.95. The third-order valence-corrected chi connectivity index (χ3v) is 2.73. The summed E-state index contributed by atoms with van der Waals surface area (Å²) in [5.74, 6) is 0. The average Bonchev–Trinajstić information content (AvgIpc) is 2.28. The Balaban J connectivity index is 2.52. The summed E-state index contributed by atoms with van der Waals surface area (Å²) < 4.78 is 0. The molecule has 2 heteroatoms. The summed E-state index contributed by atoms with van der Waals surface area (Å²) in [5.41, 5.74) is 1.75. The van der Waals surface area contributed by atoms with E-state index < -0.39 is 5.24 Å². The summed E-state index contributed by atoms with van der Waals surface area (Å²) in [6.07, 6.45) is 2.73. The van der Waals surface area contributed by atoms with Crippen molar-refractivity contribution >= 4 is 27.6 Å². The maximum atomic E-state index is 11.0. The first-order chi connectivity index (χ1) is 7.70. The highest BCUT2D eigenvalue weighted by Crippen LogP contribution is 2.19. The molecule has 0 fully saturated rings. The second kappa shape index (κ2) is 4.50. The van der Waals surface area contributed by atoms with E-state index in [1.807, 2.05) is 30.3 Å². The van der Waals surface area contributed by atoms with Crippen LogP contribution in [0, 0.1) is 0 Å². The van der Waals surface area contributed by atoms with E-state index in [0.717, 1.165) is 17.2 Å². The summed E-state index contributed by atoms with van der Waals surface area (Å²) in [5, 5.41) is 1.72. The number of benzene rings is 2. The van der Waals surface area contributed by atoms with E-state index in [-0.39, 0.29) is 0 Å². The van der Waals surface area contributed by atoms with Crippen molar-refractivity contribution in [2.45, 2.75) is 6.42 Å². The van der Waals surface area contributed by atoms with E-state index in [9.17, 15) is 4.79 Å². The Morgan fingerprint density at radius 2 is 1.88 bits per heavy atom. The zero-order valence-electron chi connectivity index (χ0n) is 8.74. The van der Waals surface area contributed by atoms with Crippen molar-refractivity contribution < 1.29 is 4.79 Å². The lowest BCUT2D eigenvalue weighted by Gasteiger charge is -2.02. The molecule has 0 saturated heterocycles. The lowest BCUT2D eigenvalue weighted by Crippen LogP contribution is -1.88. The van der Waals surface area contributed by atoms with Crippen molar-refractivity contribution in [1.29, 1.82) is 0 Å². The lowest BCUT2D eigenvalue weighted by atomic mass is 10.0. The van der Waals surface area contributed by atoms with Gasteiger partial charge < -0.3 is 0 Å². The van der Waals surface area contributed by atoms with Crippen molar-refractivity contribution in [3.63, 3.8) is 0 Å². The van der Waals surface area contributed by atoms with E-state index in [1.165, 1.54) is 5.56 Å². The Hall–Kier alpha value is -1.60. The monoisotopic (exact) mass is 230 g/mol. The van der Waals surface area contributed by atoms with Crippen LogP contribution in [0.4, 0.5) is 0 Å². The van der Waals surface area contributed by atoms with Gasteiger partial charge in [0.1, 0.15) is 0 Å². The fraction of sp³-hybridized carbons (Fsp3) is 0.0714. The Bertz CT molecular complexity index is 558. The zero-order chi connectivity index (χ0) is 11.5. The summed E-state index contributed by atoms with van der Waals surface area (Å²) in [4.78, 5) is 11.0. The van der Waals surface area contributed by atoms with Crippen LogP contribution in [0.3, 0.4) is 0 Å². The van der Waals surface area contributed by atoms with Crippen molar-refractivity contribution in [3.8, 4) is 0 Å². The molecule has 0 amide bonds. The highest BCUT2D eigenvalue weighted by Gasteiger charge is 2.02. The summed E-state index contributed by atoms with van der Waals surface area (Å²) in [7, 11) is 0. The highest BCUT2D eigenvalue weighted by atomic mass is 35.5. The molecule has 0 unspecified atom stereocenters. The molecule has 0 bridgehead atoms. The molecule has 0 aliphatic heterocycles. The molecular formula is C14H11ClO. The van der Waals surface area contributed by atoms with Gasteiger partial charge in [-0.3, -0.25) is 4.79 Å². The standard InChI is InChI=1S/C14H11ClO/c1-2-3-10-4-5-12-9-13(14(15)16)7-6-11(12)8-10/h2,4-9H,1,3H2. The third kappa shape index (κ3) is 2.15. The highest BCUT2D eigenvalue weighted by molar-refractivity contribution is 6.67. The smallest absolute Gasteiger partial charge is 0.252 e. The number of carbonyl (C=O) groups is 1. The van der Waals surface area contributed by atoms with E-state index in [4.69, 9.17) is 11.6 Å². The van der Waals surface area contributed by atoms with Crippen molar-refractivity contribution in [2.24, 2.45) is 0 Å². The van der Waals surface area contributed by atoms with E-state index in [1.54, 1.807) is 6.07 Å². The van der Waals surface area contributed by atoms with Gasteiger partial charge in [-0.05, 0) is 46.5 Å². The van der Waals surface area contributed by atoms with Crippen LogP contribution in [0.2, 0.25) is 0 Å². The van der Waals surface area contributed by atoms with E-state index in [0.29, 0.717) is 5.56 Å². The van der Waals surface area contributed by atoms with Crippen molar-refractivity contribution in [2.75, 3.05) is 0 Å². The Kier molecular flexibility index (Phi) is 3.07. The molecule has 16 heavy (non-hydrogen) atoms. The minimum absolute atomic E-state index is 0.419. The first-order valence-corrected chi connectivity index (χ1v) is 5.42. The molecule has 0 radical (unpaired) electrons. The largest absolute Gasteiger partial charge is 0.276 e. The predicted molar refractivity (Wildman–Crippen MR) is 68.0 cm³/mol. The normalized spacial score (nSPS) is 10.3. The second-order valence-corrected chi connectivity index (χ2v) is 4.01. The van der Waals surface area contributed by atoms with Gasteiger partial charge in [0.2, 0.25) is 0 Å². The molecule has 0 atom stereocenters. The average molecular weight is 231 g/mol. The number of allylic oxidation sites excluding steroid dienone is 1. The molecule has 0 aromatic heterocycles. The van der Waals surface area contributed by atoms with Crippen LogP contribution >= 0.6 is 11.6 Å². The van der Waals surface area contributed by atoms with Crippen LogP contribution in [0.15, 0.2) is 49.1 Å². The van der Waals surface area contributed by atoms with Crippen LogP contribution in [0.1, 0.15) is 15.9 Å². The molecule has 80 valence electrons. The molecule has 2 aromatic carbocycles. The fourth-order valence-corrected chi connectivity index (χ4v) is 1.83.